The van der Waals surface area contributed by atoms with Crippen molar-refractivity contribution in [3.05, 3.63) is 60.2 Å². The molecule has 0 atom stereocenters. The van der Waals surface area contributed by atoms with E-state index in [1.807, 2.05) is 74.7 Å². The van der Waals surface area contributed by atoms with Gasteiger partial charge in [0.05, 0.1) is 11.1 Å². The summed E-state index contributed by atoms with van der Waals surface area (Å²) >= 11 is 1.63. The van der Waals surface area contributed by atoms with Crippen molar-refractivity contribution in [2.75, 3.05) is 11.6 Å². The van der Waals surface area contributed by atoms with Gasteiger partial charge >= 0.3 is 0 Å². The van der Waals surface area contributed by atoms with Crippen LogP contribution in [0, 0.1) is 0 Å². The normalized spacial score (nSPS) is 11.2. The van der Waals surface area contributed by atoms with E-state index in [1.165, 1.54) is 0 Å². The molecule has 0 aromatic heterocycles. The zero-order valence-corrected chi connectivity index (χ0v) is 12.8. The van der Waals surface area contributed by atoms with Gasteiger partial charge < -0.3 is 5.32 Å². The maximum absolute atomic E-state index is 12.6. The molecule has 0 radical (unpaired) electrons. The molecule has 0 fully saturated rings. The lowest BCUT2D eigenvalue weighted by Gasteiger charge is -2.24. The molecular weight excluding hydrogens is 266 g/mol. The van der Waals surface area contributed by atoms with Crippen LogP contribution in [0.5, 0.6) is 0 Å². The summed E-state index contributed by atoms with van der Waals surface area (Å²) in [5, 5.41) is 3.04. The molecule has 20 heavy (non-hydrogen) atoms. The van der Waals surface area contributed by atoms with E-state index in [-0.39, 0.29) is 5.91 Å². The van der Waals surface area contributed by atoms with Crippen LogP contribution in [0.3, 0.4) is 0 Å². The molecule has 0 aliphatic carbocycles. The smallest absolute Gasteiger partial charge is 0.234 e. The molecule has 0 bridgehead atoms. The van der Waals surface area contributed by atoms with Crippen LogP contribution in [0.1, 0.15) is 19.4 Å². The molecule has 0 saturated heterocycles. The summed E-state index contributed by atoms with van der Waals surface area (Å²) in [5.41, 5.74) is 1.32. The monoisotopic (exact) mass is 285 g/mol. The number of thioether (sulfide) groups is 1. The zero-order chi connectivity index (χ0) is 14.6. The number of nitrogens with one attached hydrogen (secondary N) is 1. The summed E-state index contributed by atoms with van der Waals surface area (Å²) in [7, 11) is 0. The Bertz CT molecular complexity index is 593. The van der Waals surface area contributed by atoms with Crippen LogP contribution < -0.4 is 5.32 Å². The average Bonchev–Trinajstić information content (AvgIpc) is 2.48. The number of carbonyl (C=O) groups is 1. The minimum absolute atomic E-state index is 0.00481. The van der Waals surface area contributed by atoms with E-state index in [4.69, 9.17) is 0 Å². The molecule has 1 amide bonds. The fourth-order valence-corrected chi connectivity index (χ4v) is 2.57. The first-order chi connectivity index (χ1) is 9.55. The SMILES string of the molecule is CSc1ccccc1NC(=O)C(C)(C)c1ccccc1. The molecule has 1 N–H and O–H groups in total. The van der Waals surface area contributed by atoms with Gasteiger partial charge in [-0.05, 0) is 37.8 Å². The third-order valence-electron chi connectivity index (χ3n) is 3.42. The van der Waals surface area contributed by atoms with Crippen LogP contribution in [0.15, 0.2) is 59.5 Å². The molecule has 0 spiro atoms. The highest BCUT2D eigenvalue weighted by atomic mass is 32.2. The second kappa shape index (κ2) is 6.14. The lowest BCUT2D eigenvalue weighted by molar-refractivity contribution is -0.120. The summed E-state index contributed by atoms with van der Waals surface area (Å²) < 4.78 is 0. The molecular formula is C17H19NOS. The first-order valence-electron chi connectivity index (χ1n) is 6.55. The van der Waals surface area contributed by atoms with Gasteiger partial charge in [0.2, 0.25) is 5.91 Å². The molecule has 0 heterocycles. The predicted molar refractivity (Wildman–Crippen MR) is 86.3 cm³/mol. The lowest BCUT2D eigenvalue weighted by Crippen LogP contribution is -2.34. The van der Waals surface area contributed by atoms with Gasteiger partial charge in [-0.3, -0.25) is 4.79 Å². The van der Waals surface area contributed by atoms with Gasteiger partial charge in [-0.15, -0.1) is 11.8 Å². The van der Waals surface area contributed by atoms with E-state index in [1.54, 1.807) is 11.8 Å². The fraction of sp³-hybridized carbons (Fsp3) is 0.235. The summed E-state index contributed by atoms with van der Waals surface area (Å²) in [5.74, 6) is 0.00481. The third kappa shape index (κ3) is 3.05. The Labute approximate surface area is 124 Å². The number of hydrogen-bond acceptors (Lipinski definition) is 2. The van der Waals surface area contributed by atoms with Gasteiger partial charge in [-0.1, -0.05) is 42.5 Å². The summed E-state index contributed by atoms with van der Waals surface area (Å²) in [6.07, 6.45) is 2.01. The predicted octanol–water partition coefficient (Wildman–Crippen LogP) is 4.32. The number of rotatable bonds is 4. The van der Waals surface area contributed by atoms with Gasteiger partial charge in [-0.2, -0.15) is 0 Å². The number of benzene rings is 2. The number of carbonyl (C=O) groups excluding carboxylic acids is 1. The Morgan fingerprint density at radius 1 is 1.00 bits per heavy atom. The molecule has 2 aromatic rings. The van der Waals surface area contributed by atoms with Crippen LogP contribution in [0.4, 0.5) is 5.69 Å². The number of hydrogen-bond donors (Lipinski definition) is 1. The Balaban J connectivity index is 2.24. The van der Waals surface area contributed by atoms with Crippen LogP contribution in [0.25, 0.3) is 0 Å². The van der Waals surface area contributed by atoms with Gasteiger partial charge in [-0.25, -0.2) is 0 Å². The van der Waals surface area contributed by atoms with Gasteiger partial charge in [0, 0.05) is 4.90 Å². The number of para-hydroxylation sites is 1. The van der Waals surface area contributed by atoms with Crippen molar-refractivity contribution >= 4 is 23.4 Å². The lowest BCUT2D eigenvalue weighted by atomic mass is 9.83. The van der Waals surface area contributed by atoms with Crippen LogP contribution in [-0.4, -0.2) is 12.2 Å². The van der Waals surface area contributed by atoms with E-state index >= 15 is 0 Å². The molecule has 0 unspecified atom stereocenters. The standard InChI is InChI=1S/C17H19NOS/c1-17(2,13-9-5-4-6-10-13)16(19)18-14-11-7-8-12-15(14)20-3/h4-12H,1-3H3,(H,18,19). The van der Waals surface area contributed by atoms with Crippen LogP contribution in [0.2, 0.25) is 0 Å². The first kappa shape index (κ1) is 14.7. The molecule has 0 aliphatic heterocycles. The van der Waals surface area contributed by atoms with E-state index in [0.717, 1.165) is 16.1 Å². The number of anilines is 1. The van der Waals surface area contributed by atoms with Gasteiger partial charge in [0.1, 0.15) is 0 Å². The largest absolute Gasteiger partial charge is 0.324 e. The van der Waals surface area contributed by atoms with Crippen molar-refractivity contribution < 1.29 is 4.79 Å². The Morgan fingerprint density at radius 3 is 2.25 bits per heavy atom. The maximum Gasteiger partial charge on any atom is 0.234 e. The van der Waals surface area contributed by atoms with Crippen molar-refractivity contribution in [1.29, 1.82) is 0 Å². The Hall–Kier alpha value is -1.74. The van der Waals surface area contributed by atoms with E-state index in [9.17, 15) is 4.79 Å². The van der Waals surface area contributed by atoms with Crippen molar-refractivity contribution in [3.63, 3.8) is 0 Å². The number of amides is 1. The van der Waals surface area contributed by atoms with Crippen LogP contribution >= 0.6 is 11.8 Å². The highest BCUT2D eigenvalue weighted by Gasteiger charge is 2.29. The Kier molecular flexibility index (Phi) is 4.50. The van der Waals surface area contributed by atoms with Crippen molar-refractivity contribution in [2.45, 2.75) is 24.2 Å². The summed E-state index contributed by atoms with van der Waals surface area (Å²) in [6, 6.07) is 17.7. The molecule has 0 saturated carbocycles. The fourth-order valence-electron chi connectivity index (χ4n) is 2.01. The highest BCUT2D eigenvalue weighted by Crippen LogP contribution is 2.28. The topological polar surface area (TPSA) is 29.1 Å². The minimum atomic E-state index is -0.563. The molecule has 104 valence electrons. The molecule has 3 heteroatoms. The van der Waals surface area contributed by atoms with Crippen molar-refractivity contribution in [2.24, 2.45) is 0 Å². The maximum atomic E-state index is 12.6. The summed E-state index contributed by atoms with van der Waals surface area (Å²) in [6.45, 7) is 3.89. The zero-order valence-electron chi connectivity index (χ0n) is 12.0. The van der Waals surface area contributed by atoms with Gasteiger partial charge in [0.25, 0.3) is 0 Å². The van der Waals surface area contributed by atoms with Crippen molar-refractivity contribution in [1.82, 2.24) is 0 Å². The average molecular weight is 285 g/mol. The van der Waals surface area contributed by atoms with E-state index in [2.05, 4.69) is 5.32 Å². The Morgan fingerprint density at radius 2 is 1.60 bits per heavy atom. The summed E-state index contributed by atoms with van der Waals surface area (Å²) in [4.78, 5) is 13.7. The highest BCUT2D eigenvalue weighted by molar-refractivity contribution is 7.98. The first-order valence-corrected chi connectivity index (χ1v) is 7.78. The van der Waals surface area contributed by atoms with Gasteiger partial charge in [0.15, 0.2) is 0 Å². The molecule has 0 aliphatic rings. The van der Waals surface area contributed by atoms with E-state index < -0.39 is 5.41 Å². The molecule has 2 nitrogen and oxygen atoms in total. The minimum Gasteiger partial charge on any atom is -0.324 e. The third-order valence-corrected chi connectivity index (χ3v) is 4.21. The molecule has 2 aromatic carbocycles. The second-order valence-electron chi connectivity index (χ2n) is 5.15. The van der Waals surface area contributed by atoms with Crippen molar-refractivity contribution in [3.8, 4) is 0 Å². The van der Waals surface area contributed by atoms with Crippen LogP contribution in [-0.2, 0) is 10.2 Å². The molecule has 2 rings (SSSR count). The van der Waals surface area contributed by atoms with E-state index in [0.29, 0.717) is 0 Å². The quantitative estimate of drug-likeness (QED) is 0.847. The second-order valence-corrected chi connectivity index (χ2v) is 5.99.